The summed E-state index contributed by atoms with van der Waals surface area (Å²) in [4.78, 5) is 21.6. The predicted molar refractivity (Wildman–Crippen MR) is 116 cm³/mol. The van der Waals surface area contributed by atoms with Crippen LogP contribution in [0.2, 0.25) is 0 Å². The lowest BCUT2D eigenvalue weighted by Gasteiger charge is -2.09. The number of carbonyl (C=O) groups excluding carboxylic acids is 1. The smallest absolute Gasteiger partial charge is 0.259 e. The standard InChI is InChI=1S/C20H21N7O2.ClH/c1-10(2)17-16-14(8-11(3)22-20(16)29-27-17)19(28)23-13-6-4-12(5-7-13)18-24-15(9-21)25-26-18;/h4-8,10H,9,21H2,1-3H3,(H,23,28)(H,24,25,26);1H. The van der Waals surface area contributed by atoms with Crippen LogP contribution in [-0.4, -0.2) is 31.2 Å². The fourth-order valence-electron chi connectivity index (χ4n) is 3.09. The maximum absolute atomic E-state index is 13.0. The number of nitrogens with one attached hydrogen (secondary N) is 2. The van der Waals surface area contributed by atoms with Gasteiger partial charge in [0, 0.05) is 16.9 Å². The molecule has 156 valence electrons. The summed E-state index contributed by atoms with van der Waals surface area (Å²) in [5.41, 5.74) is 9.28. The van der Waals surface area contributed by atoms with Gasteiger partial charge in [-0.3, -0.25) is 9.89 Å². The number of carbonyl (C=O) groups is 1. The van der Waals surface area contributed by atoms with Gasteiger partial charge in [0.05, 0.1) is 23.2 Å². The first-order valence-corrected chi connectivity index (χ1v) is 9.26. The van der Waals surface area contributed by atoms with E-state index < -0.39 is 0 Å². The number of pyridine rings is 1. The van der Waals surface area contributed by atoms with Crippen molar-refractivity contribution < 1.29 is 9.32 Å². The van der Waals surface area contributed by atoms with E-state index in [1.54, 1.807) is 18.2 Å². The number of hydrogen-bond donors (Lipinski definition) is 3. The van der Waals surface area contributed by atoms with Crippen LogP contribution >= 0.6 is 12.4 Å². The Morgan fingerprint density at radius 3 is 2.60 bits per heavy atom. The largest absolute Gasteiger partial charge is 0.335 e. The van der Waals surface area contributed by atoms with E-state index >= 15 is 0 Å². The number of hydrogen-bond acceptors (Lipinski definition) is 7. The van der Waals surface area contributed by atoms with Crippen molar-refractivity contribution in [3.8, 4) is 11.4 Å². The van der Waals surface area contributed by atoms with Gasteiger partial charge in [0.2, 0.25) is 0 Å². The van der Waals surface area contributed by atoms with Crippen molar-refractivity contribution in [2.24, 2.45) is 5.73 Å². The van der Waals surface area contributed by atoms with Crippen molar-refractivity contribution >= 4 is 35.1 Å². The van der Waals surface area contributed by atoms with E-state index in [4.69, 9.17) is 10.3 Å². The van der Waals surface area contributed by atoms with E-state index in [1.165, 1.54) is 0 Å². The third-order valence-corrected chi connectivity index (χ3v) is 4.52. The molecule has 4 rings (SSSR count). The number of benzene rings is 1. The molecule has 0 saturated carbocycles. The van der Waals surface area contributed by atoms with Gasteiger partial charge >= 0.3 is 0 Å². The molecular formula is C20H22ClN7O2. The van der Waals surface area contributed by atoms with Crippen LogP contribution in [0.5, 0.6) is 0 Å². The minimum Gasteiger partial charge on any atom is -0.335 e. The Labute approximate surface area is 178 Å². The molecule has 1 amide bonds. The molecule has 3 aromatic heterocycles. The SMILES string of the molecule is Cc1cc(C(=O)Nc2ccc(-c3n[nH]c(CN)n3)cc2)c2c(C(C)C)noc2n1.Cl. The van der Waals surface area contributed by atoms with E-state index in [0.717, 1.165) is 5.56 Å². The summed E-state index contributed by atoms with van der Waals surface area (Å²) in [5.74, 6) is 1.03. The third kappa shape index (κ3) is 4.03. The zero-order valence-corrected chi connectivity index (χ0v) is 17.6. The summed E-state index contributed by atoms with van der Waals surface area (Å²) in [7, 11) is 0. The Hall–Kier alpha value is -3.30. The Morgan fingerprint density at radius 1 is 1.23 bits per heavy atom. The van der Waals surface area contributed by atoms with Crippen molar-refractivity contribution in [2.45, 2.75) is 33.2 Å². The van der Waals surface area contributed by atoms with Crippen LogP contribution in [0.4, 0.5) is 5.69 Å². The van der Waals surface area contributed by atoms with Crippen LogP contribution in [0.25, 0.3) is 22.5 Å². The van der Waals surface area contributed by atoms with E-state index in [9.17, 15) is 4.79 Å². The van der Waals surface area contributed by atoms with Gasteiger partial charge in [-0.05, 0) is 43.2 Å². The predicted octanol–water partition coefficient (Wildman–Crippen LogP) is 3.57. The summed E-state index contributed by atoms with van der Waals surface area (Å²) in [5, 5.41) is 14.6. The zero-order chi connectivity index (χ0) is 20.5. The quantitative estimate of drug-likeness (QED) is 0.442. The van der Waals surface area contributed by atoms with Crippen LogP contribution in [0.15, 0.2) is 34.9 Å². The van der Waals surface area contributed by atoms with Gasteiger partial charge in [0.1, 0.15) is 5.82 Å². The molecule has 4 N–H and O–H groups in total. The first-order valence-electron chi connectivity index (χ1n) is 9.26. The Bertz CT molecular complexity index is 1180. The van der Waals surface area contributed by atoms with Crippen molar-refractivity contribution in [2.75, 3.05) is 5.32 Å². The molecule has 30 heavy (non-hydrogen) atoms. The highest BCUT2D eigenvalue weighted by atomic mass is 35.5. The molecule has 0 aliphatic rings. The minimum atomic E-state index is -0.248. The van der Waals surface area contributed by atoms with Gasteiger partial charge in [-0.2, -0.15) is 5.10 Å². The maximum atomic E-state index is 13.0. The Morgan fingerprint density at radius 2 is 1.97 bits per heavy atom. The lowest BCUT2D eigenvalue weighted by molar-refractivity contribution is 0.102. The second kappa shape index (κ2) is 8.60. The summed E-state index contributed by atoms with van der Waals surface area (Å²) in [6, 6.07) is 9.02. The number of aromatic amines is 1. The van der Waals surface area contributed by atoms with Crippen LogP contribution in [-0.2, 0) is 6.54 Å². The second-order valence-corrected chi connectivity index (χ2v) is 7.06. The molecule has 0 spiro atoms. The molecule has 0 bridgehead atoms. The Kier molecular flexibility index (Phi) is 6.14. The molecule has 0 atom stereocenters. The average Bonchev–Trinajstić information content (AvgIpc) is 3.34. The van der Waals surface area contributed by atoms with Crippen LogP contribution in [0.3, 0.4) is 0 Å². The number of rotatable bonds is 5. The number of H-pyrrole nitrogens is 1. The molecule has 3 heterocycles. The van der Waals surface area contributed by atoms with E-state index in [1.807, 2.05) is 32.9 Å². The number of aromatic nitrogens is 5. The summed E-state index contributed by atoms with van der Waals surface area (Å²) in [6.45, 7) is 6.10. The topological polar surface area (TPSA) is 136 Å². The highest BCUT2D eigenvalue weighted by Gasteiger charge is 2.21. The summed E-state index contributed by atoms with van der Waals surface area (Å²) < 4.78 is 5.34. The normalized spacial score (nSPS) is 11.0. The lowest BCUT2D eigenvalue weighted by Crippen LogP contribution is -2.13. The zero-order valence-electron chi connectivity index (χ0n) is 16.8. The molecule has 0 unspecified atom stereocenters. The molecule has 9 nitrogen and oxygen atoms in total. The minimum absolute atomic E-state index is 0. The first-order chi connectivity index (χ1) is 14.0. The number of nitrogens with two attached hydrogens (primary N) is 1. The van der Waals surface area contributed by atoms with Gasteiger partial charge in [-0.25, -0.2) is 9.97 Å². The average molecular weight is 428 g/mol. The van der Waals surface area contributed by atoms with E-state index in [2.05, 4.69) is 30.6 Å². The highest BCUT2D eigenvalue weighted by Crippen LogP contribution is 2.28. The molecule has 0 saturated heterocycles. The maximum Gasteiger partial charge on any atom is 0.259 e. The summed E-state index contributed by atoms with van der Waals surface area (Å²) in [6.07, 6.45) is 0. The van der Waals surface area contributed by atoms with E-state index in [-0.39, 0.29) is 24.2 Å². The van der Waals surface area contributed by atoms with Gasteiger partial charge in [-0.1, -0.05) is 19.0 Å². The van der Waals surface area contributed by atoms with Crippen molar-refractivity contribution in [1.29, 1.82) is 0 Å². The monoisotopic (exact) mass is 427 g/mol. The molecule has 1 aromatic carbocycles. The molecular weight excluding hydrogens is 406 g/mol. The van der Waals surface area contributed by atoms with Crippen LogP contribution in [0, 0.1) is 6.92 Å². The number of nitrogens with zero attached hydrogens (tertiary/aromatic N) is 4. The number of anilines is 1. The van der Waals surface area contributed by atoms with E-state index in [0.29, 0.717) is 51.9 Å². The lowest BCUT2D eigenvalue weighted by atomic mass is 10.0. The highest BCUT2D eigenvalue weighted by molar-refractivity contribution is 6.12. The number of aryl methyl sites for hydroxylation is 1. The van der Waals surface area contributed by atoms with Crippen LogP contribution < -0.4 is 11.1 Å². The number of halogens is 1. The third-order valence-electron chi connectivity index (χ3n) is 4.52. The molecule has 0 radical (unpaired) electrons. The molecule has 10 heteroatoms. The Balaban J connectivity index is 0.00000256. The molecule has 4 aromatic rings. The second-order valence-electron chi connectivity index (χ2n) is 7.06. The van der Waals surface area contributed by atoms with Crippen molar-refractivity contribution in [1.82, 2.24) is 25.3 Å². The van der Waals surface area contributed by atoms with Gasteiger partial charge in [-0.15, -0.1) is 12.4 Å². The van der Waals surface area contributed by atoms with Crippen molar-refractivity contribution in [3.63, 3.8) is 0 Å². The van der Waals surface area contributed by atoms with Crippen LogP contribution in [0.1, 0.15) is 47.3 Å². The van der Waals surface area contributed by atoms with Gasteiger partial charge in [0.25, 0.3) is 11.6 Å². The van der Waals surface area contributed by atoms with Gasteiger partial charge < -0.3 is 15.6 Å². The fraction of sp³-hybridized carbons (Fsp3) is 0.250. The number of amides is 1. The first kappa shape index (κ1) is 21.4. The molecule has 0 aliphatic carbocycles. The molecule has 0 aliphatic heterocycles. The molecule has 0 fully saturated rings. The van der Waals surface area contributed by atoms with Gasteiger partial charge in [0.15, 0.2) is 5.82 Å². The summed E-state index contributed by atoms with van der Waals surface area (Å²) >= 11 is 0. The van der Waals surface area contributed by atoms with Crippen molar-refractivity contribution in [3.05, 3.63) is 53.1 Å². The number of fused-ring (bicyclic) bond motifs is 1. The fourth-order valence-corrected chi connectivity index (χ4v) is 3.09.